The van der Waals surface area contributed by atoms with E-state index in [9.17, 15) is 0 Å². The van der Waals surface area contributed by atoms with Gasteiger partial charge in [-0.15, -0.1) is 0 Å². The molecule has 1 aromatic carbocycles. The lowest BCUT2D eigenvalue weighted by Crippen LogP contribution is -2.41. The molecule has 0 N–H and O–H groups in total. The molecule has 2 nitrogen and oxygen atoms in total. The Bertz CT molecular complexity index is 371. The molecule has 0 spiro atoms. The zero-order chi connectivity index (χ0) is 12.0. The summed E-state index contributed by atoms with van der Waals surface area (Å²) in [5, 5.41) is 0. The van der Waals surface area contributed by atoms with E-state index in [1.54, 1.807) is 12.1 Å². The summed E-state index contributed by atoms with van der Waals surface area (Å²) in [6.07, 6.45) is 0. The van der Waals surface area contributed by atoms with Gasteiger partial charge in [0.25, 0.3) is 0 Å². The predicted molar refractivity (Wildman–Crippen MR) is 62.2 cm³/mol. The zero-order valence-corrected chi connectivity index (χ0v) is 9.70. The first-order chi connectivity index (χ1) is 7.32. The first kappa shape index (κ1) is 9.43. The van der Waals surface area contributed by atoms with Crippen LogP contribution in [0.4, 0.5) is 0 Å². The molecule has 0 unspecified atom stereocenters. The van der Waals surface area contributed by atoms with E-state index in [0.29, 0.717) is 6.04 Å². The molecule has 1 fully saturated rings. The number of rotatable bonds is 1. The first-order valence-electron chi connectivity index (χ1n) is 5.74. The topological polar surface area (TPSA) is 18.5 Å². The van der Waals surface area contributed by atoms with Gasteiger partial charge in [0.1, 0.15) is 0 Å². The van der Waals surface area contributed by atoms with Crippen molar-refractivity contribution in [2.45, 2.75) is 38.9 Å². The third-order valence-electron chi connectivity index (χ3n) is 3.27. The van der Waals surface area contributed by atoms with Crippen molar-refractivity contribution in [2.24, 2.45) is 0 Å². The molecule has 3 heteroatoms. The van der Waals surface area contributed by atoms with Crippen LogP contribution in [-0.2, 0) is 9.31 Å². The van der Waals surface area contributed by atoms with Crippen molar-refractivity contribution in [3.63, 3.8) is 0 Å². The maximum Gasteiger partial charge on any atom is 0.494 e. The molecular formula is C12H17BO2. The second-order valence-electron chi connectivity index (χ2n) is 4.92. The second kappa shape index (κ2) is 3.36. The number of hydrogen-bond donors (Lipinski definition) is 0. The Morgan fingerprint density at radius 1 is 1.07 bits per heavy atom. The van der Waals surface area contributed by atoms with E-state index in [2.05, 4.69) is 0 Å². The van der Waals surface area contributed by atoms with Crippen molar-refractivity contribution >= 4 is 12.6 Å². The summed E-state index contributed by atoms with van der Waals surface area (Å²) in [4.78, 5) is 0. The summed E-state index contributed by atoms with van der Waals surface area (Å²) in [5.74, 6) is 0. The van der Waals surface area contributed by atoms with E-state index in [1.807, 2.05) is 39.8 Å². The van der Waals surface area contributed by atoms with Crippen LogP contribution in [0.5, 0.6) is 0 Å². The minimum absolute atomic E-state index is 0.308. The van der Waals surface area contributed by atoms with E-state index in [4.69, 9.17) is 10.7 Å². The Balaban J connectivity index is 2.23. The fraction of sp³-hybridized carbons (Fsp3) is 0.500. The molecule has 1 aromatic rings. The molecule has 80 valence electrons. The summed E-state index contributed by atoms with van der Waals surface area (Å²) in [6.45, 7) is 8.13. The summed E-state index contributed by atoms with van der Waals surface area (Å²) in [6, 6.07) is 7.76. The summed E-state index contributed by atoms with van der Waals surface area (Å²) in [7, 11) is -0.328. The quantitative estimate of drug-likeness (QED) is 0.652. The number of hydrogen-bond acceptors (Lipinski definition) is 2. The Morgan fingerprint density at radius 2 is 1.53 bits per heavy atom. The molecule has 1 aliphatic rings. The third kappa shape index (κ3) is 1.82. The lowest BCUT2D eigenvalue weighted by atomic mass is 9.79. The van der Waals surface area contributed by atoms with E-state index >= 15 is 0 Å². The average molecular weight is 205 g/mol. The summed E-state index contributed by atoms with van der Waals surface area (Å²) < 4.78 is 19.2. The zero-order valence-electron chi connectivity index (χ0n) is 10.7. The molecule has 15 heavy (non-hydrogen) atoms. The molecule has 2 rings (SSSR count). The molecule has 1 heterocycles. The monoisotopic (exact) mass is 205 g/mol. The van der Waals surface area contributed by atoms with Gasteiger partial charge < -0.3 is 9.31 Å². The van der Waals surface area contributed by atoms with Crippen molar-refractivity contribution in [3.05, 3.63) is 30.3 Å². The van der Waals surface area contributed by atoms with Crippen molar-refractivity contribution in [2.75, 3.05) is 0 Å². The van der Waals surface area contributed by atoms with E-state index in [-0.39, 0.29) is 18.3 Å². The summed E-state index contributed by atoms with van der Waals surface area (Å²) in [5.41, 5.74) is 0.351. The highest BCUT2D eigenvalue weighted by atomic mass is 16.7. The molecule has 0 amide bonds. The smallest absolute Gasteiger partial charge is 0.399 e. The maximum atomic E-state index is 7.44. The van der Waals surface area contributed by atoms with Gasteiger partial charge in [-0.25, -0.2) is 0 Å². The van der Waals surface area contributed by atoms with Crippen LogP contribution >= 0.6 is 0 Å². The molecule has 0 saturated carbocycles. The lowest BCUT2D eigenvalue weighted by Gasteiger charge is -2.32. The second-order valence-corrected chi connectivity index (χ2v) is 4.92. The highest BCUT2D eigenvalue weighted by Crippen LogP contribution is 2.36. The van der Waals surface area contributed by atoms with Gasteiger partial charge in [0.05, 0.1) is 12.6 Å². The van der Waals surface area contributed by atoms with Crippen LogP contribution in [0, 0.1) is 0 Å². The molecule has 1 aliphatic heterocycles. The molecule has 0 bridgehead atoms. The number of benzene rings is 1. The van der Waals surface area contributed by atoms with E-state index < -0.39 is 0 Å². The van der Waals surface area contributed by atoms with E-state index in [1.165, 1.54) is 0 Å². The largest absolute Gasteiger partial charge is 0.494 e. The third-order valence-corrected chi connectivity index (χ3v) is 3.27. The Hall–Kier alpha value is -0.795. The first-order valence-corrected chi connectivity index (χ1v) is 5.24. The van der Waals surface area contributed by atoms with Crippen molar-refractivity contribution in [1.29, 1.82) is 0 Å². The van der Waals surface area contributed by atoms with Gasteiger partial charge in [-0.2, -0.15) is 0 Å². The maximum absolute atomic E-state index is 7.44. The summed E-state index contributed by atoms with van der Waals surface area (Å²) >= 11 is 0. The van der Waals surface area contributed by atoms with Gasteiger partial charge in [0.2, 0.25) is 0 Å². The van der Waals surface area contributed by atoms with Crippen LogP contribution in [-0.4, -0.2) is 18.3 Å². The Labute approximate surface area is 93.1 Å². The highest BCUT2D eigenvalue weighted by Gasteiger charge is 2.51. The Morgan fingerprint density at radius 3 is 2.00 bits per heavy atom. The molecule has 0 radical (unpaired) electrons. The van der Waals surface area contributed by atoms with Gasteiger partial charge in [-0.1, -0.05) is 30.3 Å². The van der Waals surface area contributed by atoms with E-state index in [0.717, 1.165) is 5.46 Å². The fourth-order valence-corrected chi connectivity index (χ4v) is 1.54. The van der Waals surface area contributed by atoms with Gasteiger partial charge in [0, 0.05) is 0 Å². The van der Waals surface area contributed by atoms with Gasteiger partial charge in [-0.3, -0.25) is 0 Å². The molecule has 1 saturated heterocycles. The molecule has 0 aliphatic carbocycles. The van der Waals surface area contributed by atoms with Crippen LogP contribution in [0.1, 0.15) is 29.1 Å². The normalized spacial score (nSPS) is 24.0. The minimum atomic E-state index is -0.328. The molecular weight excluding hydrogens is 187 g/mol. The van der Waals surface area contributed by atoms with Crippen LogP contribution in [0.3, 0.4) is 0 Å². The predicted octanol–water partition coefficient (Wildman–Crippen LogP) is 1.99. The van der Waals surface area contributed by atoms with Crippen molar-refractivity contribution < 1.29 is 10.7 Å². The van der Waals surface area contributed by atoms with Crippen molar-refractivity contribution in [1.82, 2.24) is 0 Å². The van der Waals surface area contributed by atoms with Gasteiger partial charge in [0.15, 0.2) is 0 Å². The standard InChI is InChI=1S/C12H17BO2/c1-11(2)12(3,4)15-13(14-11)10-8-6-5-7-9-10/h5-9H,1-4H3/i5D. The van der Waals surface area contributed by atoms with Crippen LogP contribution in [0.15, 0.2) is 30.3 Å². The van der Waals surface area contributed by atoms with Crippen molar-refractivity contribution in [3.8, 4) is 0 Å². The van der Waals surface area contributed by atoms with Crippen LogP contribution < -0.4 is 5.46 Å². The van der Waals surface area contributed by atoms with Gasteiger partial charge in [-0.05, 0) is 33.2 Å². The SMILES string of the molecule is [2H]c1ccc(B2OC(C)(C)C(C)(C)O2)cc1. The highest BCUT2D eigenvalue weighted by molar-refractivity contribution is 6.62. The molecule has 0 atom stereocenters. The van der Waals surface area contributed by atoms with Crippen LogP contribution in [0.25, 0.3) is 0 Å². The minimum Gasteiger partial charge on any atom is -0.399 e. The van der Waals surface area contributed by atoms with Crippen LogP contribution in [0.2, 0.25) is 0 Å². The lowest BCUT2D eigenvalue weighted by molar-refractivity contribution is 0.00578. The average Bonchev–Trinajstić information content (AvgIpc) is 2.37. The Kier molecular flexibility index (Phi) is 2.11. The molecule has 0 aromatic heterocycles. The fourth-order valence-electron chi connectivity index (χ4n) is 1.54. The van der Waals surface area contributed by atoms with Gasteiger partial charge >= 0.3 is 7.12 Å².